The number of hydrogen-bond donors (Lipinski definition) is 0. The summed E-state index contributed by atoms with van der Waals surface area (Å²) < 4.78 is 0. The van der Waals surface area contributed by atoms with E-state index in [0.29, 0.717) is 0 Å². The second kappa shape index (κ2) is 5.59. The first kappa shape index (κ1) is 11.0. The quantitative estimate of drug-likeness (QED) is 0.593. The molecule has 68 valence electrons. The molecule has 0 aromatic rings. The van der Waals surface area contributed by atoms with E-state index >= 15 is 0 Å². The zero-order valence-corrected chi connectivity index (χ0v) is 8.72. The molecule has 0 aromatic heterocycles. The molecule has 0 saturated carbocycles. The Labute approximate surface area is 71.8 Å². The van der Waals surface area contributed by atoms with E-state index in [1.165, 1.54) is 19.3 Å². The van der Waals surface area contributed by atoms with Gasteiger partial charge in [-0.05, 0) is 32.9 Å². The molecule has 0 rings (SSSR count). The van der Waals surface area contributed by atoms with Gasteiger partial charge in [0.1, 0.15) is 0 Å². The van der Waals surface area contributed by atoms with Gasteiger partial charge in [0.15, 0.2) is 0 Å². The molecule has 0 heterocycles. The molecule has 0 spiro atoms. The van der Waals surface area contributed by atoms with Crippen LogP contribution < -0.4 is 0 Å². The lowest BCUT2D eigenvalue weighted by atomic mass is 9.94. The van der Waals surface area contributed by atoms with E-state index < -0.39 is 0 Å². The molecular formula is C10H23N. The van der Waals surface area contributed by atoms with Crippen LogP contribution in [0.5, 0.6) is 0 Å². The van der Waals surface area contributed by atoms with E-state index in [2.05, 4.69) is 39.8 Å². The molecule has 2 atom stereocenters. The van der Waals surface area contributed by atoms with Crippen LogP contribution in [0, 0.1) is 5.92 Å². The number of rotatable bonds is 5. The Morgan fingerprint density at radius 2 is 1.73 bits per heavy atom. The minimum absolute atomic E-state index is 0.773. The first-order valence-corrected chi connectivity index (χ1v) is 4.79. The van der Waals surface area contributed by atoms with Crippen molar-refractivity contribution in [2.75, 3.05) is 14.1 Å². The molecule has 11 heavy (non-hydrogen) atoms. The molecule has 1 nitrogen and oxygen atoms in total. The molecule has 0 radical (unpaired) electrons. The molecule has 0 fully saturated rings. The zero-order chi connectivity index (χ0) is 8.85. The monoisotopic (exact) mass is 157 g/mol. The van der Waals surface area contributed by atoms with E-state index in [4.69, 9.17) is 0 Å². The van der Waals surface area contributed by atoms with Crippen molar-refractivity contribution in [2.24, 2.45) is 5.92 Å². The maximum absolute atomic E-state index is 2.36. The smallest absolute Gasteiger partial charge is 0.0112 e. The third kappa shape index (κ3) is 3.76. The molecule has 0 saturated heterocycles. The van der Waals surface area contributed by atoms with Crippen LogP contribution in [0.2, 0.25) is 0 Å². The lowest BCUT2D eigenvalue weighted by Gasteiger charge is -2.28. The van der Waals surface area contributed by atoms with E-state index in [0.717, 1.165) is 12.0 Å². The van der Waals surface area contributed by atoms with Gasteiger partial charge in [-0.15, -0.1) is 0 Å². The molecule has 0 aliphatic heterocycles. The number of hydrogen-bond acceptors (Lipinski definition) is 1. The first-order chi connectivity index (χ1) is 5.13. The second-order valence-corrected chi connectivity index (χ2v) is 3.71. The highest BCUT2D eigenvalue weighted by Gasteiger charge is 2.15. The van der Waals surface area contributed by atoms with Crippen LogP contribution in [-0.4, -0.2) is 25.0 Å². The standard InChI is InChI=1S/C10H23N/c1-6-8-9(3)10(7-2)11(4)5/h9-10H,6-8H2,1-5H3. The zero-order valence-electron chi connectivity index (χ0n) is 8.72. The molecular weight excluding hydrogens is 134 g/mol. The summed E-state index contributed by atoms with van der Waals surface area (Å²) in [5.41, 5.74) is 0. The summed E-state index contributed by atoms with van der Waals surface area (Å²) in [5, 5.41) is 0. The Hall–Kier alpha value is -0.0400. The van der Waals surface area contributed by atoms with Crippen LogP contribution in [0.4, 0.5) is 0 Å². The molecule has 0 amide bonds. The Morgan fingerprint density at radius 3 is 2.00 bits per heavy atom. The maximum Gasteiger partial charge on any atom is 0.0112 e. The van der Waals surface area contributed by atoms with Gasteiger partial charge in [0.05, 0.1) is 0 Å². The van der Waals surface area contributed by atoms with Gasteiger partial charge in [-0.3, -0.25) is 0 Å². The minimum Gasteiger partial charge on any atom is -0.306 e. The Balaban J connectivity index is 3.81. The summed E-state index contributed by atoms with van der Waals surface area (Å²) in [6.07, 6.45) is 3.94. The SMILES string of the molecule is CCCC(C)C(CC)N(C)C. The van der Waals surface area contributed by atoms with Gasteiger partial charge in [-0.1, -0.05) is 27.2 Å². The lowest BCUT2D eigenvalue weighted by molar-refractivity contribution is 0.205. The van der Waals surface area contributed by atoms with Gasteiger partial charge < -0.3 is 4.90 Å². The fourth-order valence-corrected chi connectivity index (χ4v) is 1.92. The van der Waals surface area contributed by atoms with Crippen molar-refractivity contribution in [3.63, 3.8) is 0 Å². The van der Waals surface area contributed by atoms with Gasteiger partial charge in [0.2, 0.25) is 0 Å². The fourth-order valence-electron chi connectivity index (χ4n) is 1.92. The molecule has 1 heteroatoms. The summed E-state index contributed by atoms with van der Waals surface area (Å²) in [4.78, 5) is 2.35. The molecule has 0 N–H and O–H groups in total. The van der Waals surface area contributed by atoms with Crippen LogP contribution in [0.25, 0.3) is 0 Å². The summed E-state index contributed by atoms with van der Waals surface area (Å²) >= 11 is 0. The molecule has 0 bridgehead atoms. The fraction of sp³-hybridized carbons (Fsp3) is 1.00. The molecule has 0 aliphatic carbocycles. The molecule has 0 aliphatic rings. The van der Waals surface area contributed by atoms with Crippen LogP contribution in [0.3, 0.4) is 0 Å². The third-order valence-corrected chi connectivity index (χ3v) is 2.48. The average molecular weight is 157 g/mol. The highest BCUT2D eigenvalue weighted by molar-refractivity contribution is 4.70. The van der Waals surface area contributed by atoms with Crippen LogP contribution in [0.1, 0.15) is 40.0 Å². The minimum atomic E-state index is 0.773. The molecule has 0 aromatic carbocycles. The summed E-state index contributed by atoms with van der Waals surface area (Å²) in [7, 11) is 4.36. The topological polar surface area (TPSA) is 3.24 Å². The van der Waals surface area contributed by atoms with E-state index in [1.54, 1.807) is 0 Å². The van der Waals surface area contributed by atoms with Crippen molar-refractivity contribution in [3.8, 4) is 0 Å². The maximum atomic E-state index is 2.36. The van der Waals surface area contributed by atoms with E-state index in [-0.39, 0.29) is 0 Å². The predicted molar refractivity (Wildman–Crippen MR) is 51.8 cm³/mol. The highest BCUT2D eigenvalue weighted by atomic mass is 15.1. The predicted octanol–water partition coefficient (Wildman–Crippen LogP) is 2.76. The summed E-state index contributed by atoms with van der Waals surface area (Å²) in [5.74, 6) is 0.847. The van der Waals surface area contributed by atoms with Crippen molar-refractivity contribution in [1.29, 1.82) is 0 Å². The van der Waals surface area contributed by atoms with Crippen molar-refractivity contribution in [3.05, 3.63) is 0 Å². The van der Waals surface area contributed by atoms with Gasteiger partial charge in [-0.25, -0.2) is 0 Å². The van der Waals surface area contributed by atoms with Gasteiger partial charge >= 0.3 is 0 Å². The van der Waals surface area contributed by atoms with E-state index in [9.17, 15) is 0 Å². The Kier molecular flexibility index (Phi) is 5.57. The Morgan fingerprint density at radius 1 is 1.18 bits per heavy atom. The average Bonchev–Trinajstić information content (AvgIpc) is 1.88. The van der Waals surface area contributed by atoms with Gasteiger partial charge in [0, 0.05) is 6.04 Å². The Bertz CT molecular complexity index is 88.9. The van der Waals surface area contributed by atoms with E-state index in [1.807, 2.05) is 0 Å². The van der Waals surface area contributed by atoms with Gasteiger partial charge in [0.25, 0.3) is 0 Å². The molecule has 2 unspecified atom stereocenters. The second-order valence-electron chi connectivity index (χ2n) is 3.71. The van der Waals surface area contributed by atoms with Crippen molar-refractivity contribution < 1.29 is 0 Å². The van der Waals surface area contributed by atoms with Gasteiger partial charge in [-0.2, -0.15) is 0 Å². The highest BCUT2D eigenvalue weighted by Crippen LogP contribution is 2.16. The normalized spacial score (nSPS) is 16.9. The summed E-state index contributed by atoms with van der Waals surface area (Å²) in [6, 6.07) is 0.773. The van der Waals surface area contributed by atoms with Crippen molar-refractivity contribution in [2.45, 2.75) is 46.1 Å². The van der Waals surface area contributed by atoms with Crippen molar-refractivity contribution in [1.82, 2.24) is 4.90 Å². The third-order valence-electron chi connectivity index (χ3n) is 2.48. The first-order valence-electron chi connectivity index (χ1n) is 4.79. The van der Waals surface area contributed by atoms with Crippen LogP contribution in [0.15, 0.2) is 0 Å². The largest absolute Gasteiger partial charge is 0.306 e. The number of nitrogens with zero attached hydrogens (tertiary/aromatic N) is 1. The lowest BCUT2D eigenvalue weighted by Crippen LogP contribution is -2.33. The summed E-state index contributed by atoms with van der Waals surface area (Å²) in [6.45, 7) is 6.90. The van der Waals surface area contributed by atoms with Crippen molar-refractivity contribution >= 4 is 0 Å². The van der Waals surface area contributed by atoms with Crippen LogP contribution in [-0.2, 0) is 0 Å². The van der Waals surface area contributed by atoms with Crippen LogP contribution >= 0.6 is 0 Å².